The summed E-state index contributed by atoms with van der Waals surface area (Å²) in [4.78, 5) is 4.98. The highest BCUT2D eigenvalue weighted by molar-refractivity contribution is 14.0. The molecule has 0 unspecified atom stereocenters. The van der Waals surface area contributed by atoms with Gasteiger partial charge < -0.3 is 10.6 Å². The number of hydrogen-bond donors (Lipinski definition) is 2. The summed E-state index contributed by atoms with van der Waals surface area (Å²) < 4.78 is 23.1. The van der Waals surface area contributed by atoms with E-state index in [2.05, 4.69) is 39.9 Å². The Morgan fingerprint density at radius 1 is 1.04 bits per heavy atom. The molecule has 2 N–H and O–H groups in total. The third-order valence-electron chi connectivity index (χ3n) is 4.95. The van der Waals surface area contributed by atoms with Crippen LogP contribution in [0.15, 0.2) is 64.5 Å². The van der Waals surface area contributed by atoms with Gasteiger partial charge in [0.1, 0.15) is 0 Å². The molecule has 1 saturated carbocycles. The van der Waals surface area contributed by atoms with E-state index < -0.39 is 9.84 Å². The SMILES string of the molecule is CCNC(=NCc1ccc(S(C)(=O)=O)cc1)NCC1(c2ccccc2)CC1.I. The van der Waals surface area contributed by atoms with Crippen LogP contribution < -0.4 is 10.6 Å². The van der Waals surface area contributed by atoms with E-state index in [1.54, 1.807) is 12.1 Å². The topological polar surface area (TPSA) is 70.6 Å². The van der Waals surface area contributed by atoms with Crippen LogP contribution in [-0.4, -0.2) is 33.7 Å². The van der Waals surface area contributed by atoms with E-state index in [0.29, 0.717) is 11.4 Å². The van der Waals surface area contributed by atoms with Crippen LogP contribution in [0.25, 0.3) is 0 Å². The summed E-state index contributed by atoms with van der Waals surface area (Å²) >= 11 is 0. The fourth-order valence-corrected chi connectivity index (χ4v) is 3.75. The van der Waals surface area contributed by atoms with Gasteiger partial charge in [0.25, 0.3) is 0 Å². The molecule has 0 aromatic heterocycles. The first kappa shape index (κ1) is 22.7. The minimum Gasteiger partial charge on any atom is -0.357 e. The van der Waals surface area contributed by atoms with E-state index in [9.17, 15) is 8.42 Å². The maximum atomic E-state index is 11.5. The minimum atomic E-state index is -3.16. The molecule has 0 saturated heterocycles. The predicted molar refractivity (Wildman–Crippen MR) is 125 cm³/mol. The van der Waals surface area contributed by atoms with Crippen LogP contribution in [0.2, 0.25) is 0 Å². The molecule has 0 atom stereocenters. The molecule has 1 fully saturated rings. The highest BCUT2D eigenvalue weighted by Gasteiger charge is 2.43. The lowest BCUT2D eigenvalue weighted by Gasteiger charge is -2.19. The summed E-state index contributed by atoms with van der Waals surface area (Å²) in [6, 6.07) is 17.5. The Morgan fingerprint density at radius 3 is 2.21 bits per heavy atom. The maximum Gasteiger partial charge on any atom is 0.191 e. The lowest BCUT2D eigenvalue weighted by Crippen LogP contribution is -2.41. The molecule has 7 heteroatoms. The van der Waals surface area contributed by atoms with Crippen molar-refractivity contribution in [1.82, 2.24) is 10.6 Å². The van der Waals surface area contributed by atoms with E-state index in [4.69, 9.17) is 0 Å². The molecule has 0 radical (unpaired) electrons. The van der Waals surface area contributed by atoms with Gasteiger partial charge in [0.15, 0.2) is 15.8 Å². The molecule has 2 aromatic rings. The molecule has 1 aliphatic carbocycles. The van der Waals surface area contributed by atoms with Crippen molar-refractivity contribution in [3.05, 3.63) is 65.7 Å². The third kappa shape index (κ3) is 5.94. The van der Waals surface area contributed by atoms with E-state index in [1.807, 2.05) is 25.1 Å². The lowest BCUT2D eigenvalue weighted by molar-refractivity contribution is 0.602. The molecule has 152 valence electrons. The molecule has 0 spiro atoms. The zero-order chi connectivity index (χ0) is 19.3. The number of benzene rings is 2. The van der Waals surface area contributed by atoms with Gasteiger partial charge >= 0.3 is 0 Å². The highest BCUT2D eigenvalue weighted by atomic mass is 127. The Kier molecular flexibility index (Phi) is 7.88. The molecule has 0 aliphatic heterocycles. The van der Waals surface area contributed by atoms with E-state index in [1.165, 1.54) is 24.7 Å². The molecule has 2 aromatic carbocycles. The summed E-state index contributed by atoms with van der Waals surface area (Å²) in [5, 5.41) is 6.75. The van der Waals surface area contributed by atoms with Crippen molar-refractivity contribution >= 4 is 39.8 Å². The molecule has 0 bridgehead atoms. The van der Waals surface area contributed by atoms with Crippen LogP contribution >= 0.6 is 24.0 Å². The first-order chi connectivity index (χ1) is 12.9. The van der Waals surface area contributed by atoms with Crippen LogP contribution in [0.4, 0.5) is 0 Å². The smallest absolute Gasteiger partial charge is 0.191 e. The van der Waals surface area contributed by atoms with Gasteiger partial charge in [-0.25, -0.2) is 13.4 Å². The molecular formula is C21H28IN3O2S. The van der Waals surface area contributed by atoms with Crippen molar-refractivity contribution < 1.29 is 8.42 Å². The summed E-state index contributed by atoms with van der Waals surface area (Å²) in [7, 11) is -3.16. The highest BCUT2D eigenvalue weighted by Crippen LogP contribution is 2.47. The van der Waals surface area contributed by atoms with Gasteiger partial charge in [-0.05, 0) is 43.0 Å². The number of halogens is 1. The number of nitrogens with zero attached hydrogens (tertiary/aromatic N) is 1. The zero-order valence-electron chi connectivity index (χ0n) is 16.3. The fraction of sp³-hybridized carbons (Fsp3) is 0.381. The average molecular weight is 513 g/mol. The standard InChI is InChI=1S/C21H27N3O2S.HI/c1-3-22-20(23-15-17-9-11-19(12-10-17)27(2,25)26)24-16-21(13-14-21)18-7-5-4-6-8-18;/h4-12H,3,13-16H2,1-2H3,(H2,22,23,24);1H. The molecule has 0 heterocycles. The summed E-state index contributed by atoms with van der Waals surface area (Å²) in [5.74, 6) is 0.784. The molecule has 5 nitrogen and oxygen atoms in total. The van der Waals surface area contributed by atoms with E-state index >= 15 is 0 Å². The second-order valence-corrected chi connectivity index (χ2v) is 9.13. The Morgan fingerprint density at radius 2 is 1.68 bits per heavy atom. The monoisotopic (exact) mass is 513 g/mol. The van der Waals surface area contributed by atoms with Crippen molar-refractivity contribution in [1.29, 1.82) is 0 Å². The Bertz CT molecular complexity index is 893. The minimum absolute atomic E-state index is 0. The Labute approximate surface area is 185 Å². The van der Waals surface area contributed by atoms with Gasteiger partial charge in [-0.15, -0.1) is 24.0 Å². The van der Waals surface area contributed by atoms with Crippen molar-refractivity contribution in [3.8, 4) is 0 Å². The molecule has 28 heavy (non-hydrogen) atoms. The van der Waals surface area contributed by atoms with Gasteiger partial charge in [-0.1, -0.05) is 42.5 Å². The third-order valence-corrected chi connectivity index (χ3v) is 6.08. The lowest BCUT2D eigenvalue weighted by atomic mass is 9.96. The van der Waals surface area contributed by atoms with Crippen LogP contribution in [0.5, 0.6) is 0 Å². The molecule has 3 rings (SSSR count). The van der Waals surface area contributed by atoms with Crippen molar-refractivity contribution in [3.63, 3.8) is 0 Å². The van der Waals surface area contributed by atoms with Crippen molar-refractivity contribution in [2.75, 3.05) is 19.3 Å². The fourth-order valence-electron chi connectivity index (χ4n) is 3.12. The molecule has 0 amide bonds. The van der Waals surface area contributed by atoms with Gasteiger partial charge in [-0.3, -0.25) is 0 Å². The Hall–Kier alpha value is -1.61. The first-order valence-corrected chi connectivity index (χ1v) is 11.2. The van der Waals surface area contributed by atoms with E-state index in [0.717, 1.165) is 24.6 Å². The normalized spacial score (nSPS) is 15.4. The van der Waals surface area contributed by atoms with Crippen LogP contribution in [-0.2, 0) is 21.8 Å². The Balaban J connectivity index is 0.00000280. The largest absolute Gasteiger partial charge is 0.357 e. The quantitative estimate of drug-likeness (QED) is 0.338. The number of hydrogen-bond acceptors (Lipinski definition) is 3. The number of guanidine groups is 1. The number of rotatable bonds is 7. The van der Waals surface area contributed by atoms with Crippen molar-refractivity contribution in [2.24, 2.45) is 4.99 Å². The zero-order valence-corrected chi connectivity index (χ0v) is 19.5. The number of aliphatic imine (C=N–C) groups is 1. The predicted octanol–water partition coefficient (Wildman–Crippen LogP) is 3.50. The van der Waals surface area contributed by atoms with Gasteiger partial charge in [0.05, 0.1) is 11.4 Å². The first-order valence-electron chi connectivity index (χ1n) is 9.30. The van der Waals surface area contributed by atoms with Gasteiger partial charge in [-0.2, -0.15) is 0 Å². The van der Waals surface area contributed by atoms with E-state index in [-0.39, 0.29) is 29.4 Å². The molecule has 1 aliphatic rings. The molecular weight excluding hydrogens is 485 g/mol. The second-order valence-electron chi connectivity index (χ2n) is 7.11. The maximum absolute atomic E-state index is 11.5. The van der Waals surface area contributed by atoms with Crippen LogP contribution in [0, 0.1) is 0 Å². The summed E-state index contributed by atoms with van der Waals surface area (Å²) in [6.45, 7) is 4.19. The van der Waals surface area contributed by atoms with Crippen LogP contribution in [0.3, 0.4) is 0 Å². The number of sulfone groups is 1. The van der Waals surface area contributed by atoms with Gasteiger partial charge in [0.2, 0.25) is 0 Å². The second kappa shape index (κ2) is 9.73. The average Bonchev–Trinajstić information content (AvgIpc) is 3.46. The number of nitrogens with one attached hydrogen (secondary N) is 2. The summed E-state index contributed by atoms with van der Waals surface area (Å²) in [6.07, 6.45) is 3.60. The summed E-state index contributed by atoms with van der Waals surface area (Å²) in [5.41, 5.74) is 2.57. The van der Waals surface area contributed by atoms with Gasteiger partial charge in [0, 0.05) is 24.8 Å². The van der Waals surface area contributed by atoms with Crippen molar-refractivity contribution in [2.45, 2.75) is 36.6 Å². The van der Waals surface area contributed by atoms with Crippen LogP contribution in [0.1, 0.15) is 30.9 Å².